The number of hydrogen-bond donors (Lipinski definition) is 2. The number of carbonyl (C=O) groups excluding carboxylic acids is 2. The van der Waals surface area contributed by atoms with Gasteiger partial charge in [-0.3, -0.25) is 14.3 Å². The Balaban J connectivity index is 1.45. The molecule has 0 aliphatic heterocycles. The third-order valence-corrected chi connectivity index (χ3v) is 6.34. The highest BCUT2D eigenvalue weighted by Crippen LogP contribution is 2.49. The second-order valence-corrected chi connectivity index (χ2v) is 9.04. The highest BCUT2D eigenvalue weighted by atomic mass is 35.5. The first-order chi connectivity index (χ1) is 15.2. The van der Waals surface area contributed by atoms with Crippen LogP contribution in [0, 0.1) is 20.8 Å². The Bertz CT molecular complexity index is 1200. The molecular formula is C25H27ClN4O2. The van der Waals surface area contributed by atoms with Crippen LogP contribution in [0.5, 0.6) is 0 Å². The first kappa shape index (κ1) is 22.1. The van der Waals surface area contributed by atoms with Crippen LogP contribution < -0.4 is 10.6 Å². The molecule has 3 aromatic rings. The summed E-state index contributed by atoms with van der Waals surface area (Å²) in [6, 6.07) is 14.7. The fourth-order valence-electron chi connectivity index (χ4n) is 4.05. The van der Waals surface area contributed by atoms with Crippen LogP contribution in [0.2, 0.25) is 5.02 Å². The number of hydrogen-bond acceptors (Lipinski definition) is 3. The van der Waals surface area contributed by atoms with Crippen LogP contribution in [0.4, 0.5) is 11.4 Å². The van der Waals surface area contributed by atoms with E-state index in [0.717, 1.165) is 35.4 Å². The number of aryl methyl sites for hydroxylation is 3. The second kappa shape index (κ2) is 8.43. The Morgan fingerprint density at radius 3 is 2.41 bits per heavy atom. The van der Waals surface area contributed by atoms with Gasteiger partial charge in [0, 0.05) is 11.4 Å². The number of aromatic nitrogens is 2. The van der Waals surface area contributed by atoms with Crippen LogP contribution >= 0.6 is 11.6 Å². The SMILES string of the molecule is Cc1cccc(C2(C(=O)Nc3ccc(NC(=O)C(C)n4nc(C)cc4C)c(Cl)c3)CC2)c1. The van der Waals surface area contributed by atoms with Crippen LogP contribution in [0.25, 0.3) is 0 Å². The van der Waals surface area contributed by atoms with E-state index in [0.29, 0.717) is 16.4 Å². The molecule has 0 radical (unpaired) electrons. The summed E-state index contributed by atoms with van der Waals surface area (Å²) >= 11 is 6.42. The normalized spacial score (nSPS) is 15.2. The van der Waals surface area contributed by atoms with Gasteiger partial charge < -0.3 is 10.6 Å². The van der Waals surface area contributed by atoms with E-state index in [2.05, 4.69) is 21.8 Å². The standard InChI is InChI=1S/C25H27ClN4O2/c1-15-6-5-7-19(12-15)25(10-11-25)24(32)27-20-8-9-22(21(26)14-20)28-23(31)18(4)30-17(3)13-16(2)29-30/h5-9,12-14,18H,10-11H2,1-4H3,(H,27,32)(H,28,31). The molecule has 1 heterocycles. The van der Waals surface area contributed by atoms with Gasteiger partial charge in [0.05, 0.1) is 21.8 Å². The van der Waals surface area contributed by atoms with E-state index in [9.17, 15) is 9.59 Å². The maximum absolute atomic E-state index is 13.0. The molecular weight excluding hydrogens is 424 g/mol. The third kappa shape index (κ3) is 4.28. The number of nitrogens with zero attached hydrogens (tertiary/aromatic N) is 2. The molecule has 0 bridgehead atoms. The molecule has 4 rings (SSSR count). The smallest absolute Gasteiger partial charge is 0.248 e. The van der Waals surface area contributed by atoms with Gasteiger partial charge in [-0.05, 0) is 70.4 Å². The van der Waals surface area contributed by atoms with Crippen molar-refractivity contribution in [2.75, 3.05) is 10.6 Å². The van der Waals surface area contributed by atoms with Crippen LogP contribution in [0.1, 0.15) is 48.3 Å². The lowest BCUT2D eigenvalue weighted by atomic mass is 9.93. The van der Waals surface area contributed by atoms with Gasteiger partial charge in [0.15, 0.2) is 0 Å². The van der Waals surface area contributed by atoms with Crippen molar-refractivity contribution in [1.29, 1.82) is 0 Å². The number of anilines is 2. The van der Waals surface area contributed by atoms with Crippen molar-refractivity contribution < 1.29 is 9.59 Å². The van der Waals surface area contributed by atoms with E-state index in [1.54, 1.807) is 29.8 Å². The Morgan fingerprint density at radius 1 is 1.06 bits per heavy atom. The summed E-state index contributed by atoms with van der Waals surface area (Å²) in [6.07, 6.45) is 1.66. The zero-order valence-corrected chi connectivity index (χ0v) is 19.5. The van der Waals surface area contributed by atoms with Crippen LogP contribution in [0.15, 0.2) is 48.5 Å². The number of amides is 2. The minimum absolute atomic E-state index is 0.0332. The summed E-state index contributed by atoms with van der Waals surface area (Å²) in [4.78, 5) is 25.7. The lowest BCUT2D eigenvalue weighted by molar-refractivity contribution is -0.119. The Labute approximate surface area is 193 Å². The molecule has 166 valence electrons. The van der Waals surface area contributed by atoms with Crippen molar-refractivity contribution in [1.82, 2.24) is 9.78 Å². The predicted octanol–water partition coefficient (Wildman–Crippen LogP) is 5.33. The van der Waals surface area contributed by atoms with E-state index < -0.39 is 11.5 Å². The third-order valence-electron chi connectivity index (χ3n) is 6.03. The van der Waals surface area contributed by atoms with Gasteiger partial charge in [0.25, 0.3) is 0 Å². The first-order valence-corrected chi connectivity index (χ1v) is 11.1. The monoisotopic (exact) mass is 450 g/mol. The second-order valence-electron chi connectivity index (χ2n) is 8.64. The van der Waals surface area contributed by atoms with E-state index in [1.165, 1.54) is 0 Å². The molecule has 0 saturated heterocycles. The zero-order valence-electron chi connectivity index (χ0n) is 18.7. The largest absolute Gasteiger partial charge is 0.325 e. The minimum Gasteiger partial charge on any atom is -0.325 e. The molecule has 2 N–H and O–H groups in total. The average Bonchev–Trinajstić information content (AvgIpc) is 3.49. The Kier molecular flexibility index (Phi) is 5.82. The van der Waals surface area contributed by atoms with Gasteiger partial charge in [-0.25, -0.2) is 0 Å². The van der Waals surface area contributed by atoms with Crippen LogP contribution in [-0.4, -0.2) is 21.6 Å². The van der Waals surface area contributed by atoms with E-state index >= 15 is 0 Å². The molecule has 2 amide bonds. The number of carbonyl (C=O) groups is 2. The minimum atomic E-state index is -0.483. The Hall–Kier alpha value is -3.12. The highest BCUT2D eigenvalue weighted by Gasteiger charge is 2.51. The molecule has 1 atom stereocenters. The molecule has 32 heavy (non-hydrogen) atoms. The van der Waals surface area contributed by atoms with Gasteiger partial charge in [0.1, 0.15) is 6.04 Å². The van der Waals surface area contributed by atoms with Crippen LogP contribution in [-0.2, 0) is 15.0 Å². The Morgan fingerprint density at radius 2 is 1.81 bits per heavy atom. The quantitative estimate of drug-likeness (QED) is 0.532. The van der Waals surface area contributed by atoms with Gasteiger partial charge in [-0.15, -0.1) is 0 Å². The number of rotatable bonds is 6. The summed E-state index contributed by atoms with van der Waals surface area (Å²) in [5.74, 6) is -0.250. The first-order valence-electron chi connectivity index (χ1n) is 10.7. The highest BCUT2D eigenvalue weighted by molar-refractivity contribution is 6.34. The van der Waals surface area contributed by atoms with E-state index in [1.807, 2.05) is 45.0 Å². The maximum atomic E-state index is 13.0. The van der Waals surface area contributed by atoms with Gasteiger partial charge in [-0.1, -0.05) is 41.4 Å². The number of halogens is 1. The number of nitrogens with one attached hydrogen (secondary N) is 2. The summed E-state index contributed by atoms with van der Waals surface area (Å²) in [5, 5.41) is 10.6. The average molecular weight is 451 g/mol. The number of benzene rings is 2. The summed E-state index contributed by atoms with van der Waals surface area (Å²) in [7, 11) is 0. The fourth-order valence-corrected chi connectivity index (χ4v) is 4.27. The molecule has 0 spiro atoms. The van der Waals surface area contributed by atoms with Gasteiger partial charge in [-0.2, -0.15) is 5.10 Å². The van der Waals surface area contributed by atoms with Gasteiger partial charge >= 0.3 is 0 Å². The summed E-state index contributed by atoms with van der Waals surface area (Å²) in [6.45, 7) is 7.62. The fraction of sp³-hybridized carbons (Fsp3) is 0.320. The van der Waals surface area contributed by atoms with E-state index in [-0.39, 0.29) is 11.8 Å². The molecule has 6 nitrogen and oxygen atoms in total. The molecule has 2 aromatic carbocycles. The van der Waals surface area contributed by atoms with Crippen molar-refractivity contribution in [3.05, 3.63) is 76.1 Å². The molecule has 1 saturated carbocycles. The molecule has 7 heteroatoms. The summed E-state index contributed by atoms with van der Waals surface area (Å²) < 4.78 is 1.69. The zero-order chi connectivity index (χ0) is 23.0. The molecule has 1 unspecified atom stereocenters. The molecule has 1 aliphatic rings. The van der Waals surface area contributed by atoms with Crippen molar-refractivity contribution in [3.63, 3.8) is 0 Å². The molecule has 1 aliphatic carbocycles. The molecule has 1 aromatic heterocycles. The van der Waals surface area contributed by atoms with Crippen molar-refractivity contribution in [3.8, 4) is 0 Å². The lowest BCUT2D eigenvalue weighted by Crippen LogP contribution is -2.28. The van der Waals surface area contributed by atoms with Crippen molar-refractivity contribution in [2.45, 2.75) is 52.0 Å². The van der Waals surface area contributed by atoms with Crippen LogP contribution in [0.3, 0.4) is 0 Å². The lowest BCUT2D eigenvalue weighted by Gasteiger charge is -2.18. The molecule has 1 fully saturated rings. The van der Waals surface area contributed by atoms with E-state index in [4.69, 9.17) is 11.6 Å². The maximum Gasteiger partial charge on any atom is 0.248 e. The summed E-state index contributed by atoms with van der Waals surface area (Å²) in [5.41, 5.74) is 4.57. The van der Waals surface area contributed by atoms with Gasteiger partial charge in [0.2, 0.25) is 11.8 Å². The predicted molar refractivity (Wildman–Crippen MR) is 127 cm³/mol. The van der Waals surface area contributed by atoms with Crippen molar-refractivity contribution in [2.24, 2.45) is 0 Å². The topological polar surface area (TPSA) is 76.0 Å². The van der Waals surface area contributed by atoms with Crippen molar-refractivity contribution >= 4 is 34.8 Å².